The van der Waals surface area contributed by atoms with Crippen molar-refractivity contribution in [3.8, 4) is 17.0 Å². The van der Waals surface area contributed by atoms with Crippen molar-refractivity contribution >= 4 is 17.2 Å². The van der Waals surface area contributed by atoms with Crippen molar-refractivity contribution in [2.45, 2.75) is 26.0 Å². The van der Waals surface area contributed by atoms with Gasteiger partial charge in [-0.15, -0.1) is 0 Å². The van der Waals surface area contributed by atoms with E-state index >= 15 is 0 Å². The molecule has 1 unspecified atom stereocenters. The summed E-state index contributed by atoms with van der Waals surface area (Å²) in [5.74, 6) is 0.698. The van der Waals surface area contributed by atoms with E-state index in [1.807, 2.05) is 36.4 Å². The first-order chi connectivity index (χ1) is 14.6. The van der Waals surface area contributed by atoms with Crippen LogP contribution in [0, 0.1) is 0 Å². The summed E-state index contributed by atoms with van der Waals surface area (Å²) in [7, 11) is 1.80. The van der Waals surface area contributed by atoms with Crippen LogP contribution in [-0.4, -0.2) is 59.5 Å². The Morgan fingerprint density at radius 3 is 3.00 bits per heavy atom. The van der Waals surface area contributed by atoms with Gasteiger partial charge in [0.2, 0.25) is 0 Å². The fourth-order valence-electron chi connectivity index (χ4n) is 4.36. The standard InChI is InChI=1S/C23H27N5O2/c1-16-23(29)26(2)18-14-17(7-8-20(18)30-16)22-19(15-27-11-5-9-24-10-13-27)28-12-4-3-6-21(28)25-22/h3-4,6-8,12,14,16,24H,5,9-11,13,15H2,1-2H3. The topological polar surface area (TPSA) is 62.1 Å². The molecule has 5 rings (SSSR count). The summed E-state index contributed by atoms with van der Waals surface area (Å²) in [6.45, 7) is 6.79. The molecule has 7 heteroatoms. The van der Waals surface area contributed by atoms with Crippen molar-refractivity contribution in [3.63, 3.8) is 0 Å². The Balaban J connectivity index is 1.58. The van der Waals surface area contributed by atoms with Crippen molar-refractivity contribution in [3.05, 3.63) is 48.3 Å². The number of nitrogens with zero attached hydrogens (tertiary/aromatic N) is 4. The van der Waals surface area contributed by atoms with E-state index in [1.54, 1.807) is 18.9 Å². The molecule has 1 atom stereocenters. The molecule has 1 fully saturated rings. The molecule has 4 heterocycles. The molecule has 1 amide bonds. The monoisotopic (exact) mass is 405 g/mol. The Hall–Kier alpha value is -2.90. The van der Waals surface area contributed by atoms with E-state index < -0.39 is 6.10 Å². The van der Waals surface area contributed by atoms with Crippen molar-refractivity contribution in [1.82, 2.24) is 19.6 Å². The third-order valence-electron chi connectivity index (χ3n) is 6.01. The SMILES string of the molecule is CC1Oc2ccc(-c3nc4ccccn4c3CN3CCCNCC3)cc2N(C)C1=O. The number of hydrogen-bond donors (Lipinski definition) is 1. The van der Waals surface area contributed by atoms with Crippen LogP contribution < -0.4 is 15.0 Å². The Morgan fingerprint density at radius 1 is 1.20 bits per heavy atom. The van der Waals surface area contributed by atoms with Gasteiger partial charge in [0.25, 0.3) is 5.91 Å². The van der Waals surface area contributed by atoms with Gasteiger partial charge in [-0.05, 0) is 56.8 Å². The van der Waals surface area contributed by atoms with Crippen LogP contribution in [0.1, 0.15) is 19.0 Å². The van der Waals surface area contributed by atoms with Crippen LogP contribution in [0.25, 0.3) is 16.9 Å². The molecule has 30 heavy (non-hydrogen) atoms. The number of ether oxygens (including phenoxy) is 1. The summed E-state index contributed by atoms with van der Waals surface area (Å²) < 4.78 is 7.98. The van der Waals surface area contributed by atoms with Crippen LogP contribution >= 0.6 is 0 Å². The van der Waals surface area contributed by atoms with E-state index in [0.717, 1.165) is 67.5 Å². The molecule has 156 valence electrons. The Kier molecular flexibility index (Phi) is 4.92. The number of carbonyl (C=O) groups is 1. The lowest BCUT2D eigenvalue weighted by atomic mass is 10.1. The maximum Gasteiger partial charge on any atom is 0.267 e. The van der Waals surface area contributed by atoms with Crippen LogP contribution in [0.4, 0.5) is 5.69 Å². The lowest BCUT2D eigenvalue weighted by Crippen LogP contribution is -2.41. The van der Waals surface area contributed by atoms with Crippen LogP contribution in [0.2, 0.25) is 0 Å². The Morgan fingerprint density at radius 2 is 2.10 bits per heavy atom. The second-order valence-corrected chi connectivity index (χ2v) is 8.06. The predicted molar refractivity (Wildman–Crippen MR) is 117 cm³/mol. The number of amides is 1. The van der Waals surface area contributed by atoms with Crippen molar-refractivity contribution < 1.29 is 9.53 Å². The fourth-order valence-corrected chi connectivity index (χ4v) is 4.36. The number of pyridine rings is 1. The van der Waals surface area contributed by atoms with Gasteiger partial charge >= 0.3 is 0 Å². The number of carbonyl (C=O) groups excluding carboxylic acids is 1. The van der Waals surface area contributed by atoms with Gasteiger partial charge in [-0.2, -0.15) is 0 Å². The van der Waals surface area contributed by atoms with Gasteiger partial charge in [0.15, 0.2) is 6.10 Å². The molecule has 0 spiro atoms. The zero-order chi connectivity index (χ0) is 20.7. The molecule has 3 aromatic rings. The summed E-state index contributed by atoms with van der Waals surface area (Å²) in [5, 5.41) is 3.47. The second kappa shape index (κ2) is 7.74. The number of aromatic nitrogens is 2. The number of benzene rings is 1. The molecule has 7 nitrogen and oxygen atoms in total. The van der Waals surface area contributed by atoms with Crippen molar-refractivity contribution in [2.75, 3.05) is 38.1 Å². The first-order valence-electron chi connectivity index (χ1n) is 10.6. The molecule has 1 saturated heterocycles. The van der Waals surface area contributed by atoms with Gasteiger partial charge in [0.05, 0.1) is 17.1 Å². The van der Waals surface area contributed by atoms with Gasteiger partial charge in [-0.3, -0.25) is 9.69 Å². The molecular weight excluding hydrogens is 378 g/mol. The van der Waals surface area contributed by atoms with Gasteiger partial charge in [-0.1, -0.05) is 6.07 Å². The van der Waals surface area contributed by atoms with E-state index in [1.165, 1.54) is 5.69 Å². The summed E-state index contributed by atoms with van der Waals surface area (Å²) in [5.41, 5.74) is 4.85. The Bertz CT molecular complexity index is 1080. The minimum Gasteiger partial charge on any atom is -0.479 e. The third kappa shape index (κ3) is 3.34. The summed E-state index contributed by atoms with van der Waals surface area (Å²) in [6.07, 6.45) is 2.76. The molecule has 0 bridgehead atoms. The number of likely N-dealkylation sites (N-methyl/N-ethyl adjacent to an activating group) is 1. The lowest BCUT2D eigenvalue weighted by Gasteiger charge is -2.30. The first-order valence-corrected chi connectivity index (χ1v) is 10.6. The van der Waals surface area contributed by atoms with Crippen LogP contribution in [-0.2, 0) is 11.3 Å². The number of fused-ring (bicyclic) bond motifs is 2. The van der Waals surface area contributed by atoms with E-state index in [9.17, 15) is 4.79 Å². The smallest absolute Gasteiger partial charge is 0.267 e. The maximum absolute atomic E-state index is 12.4. The largest absolute Gasteiger partial charge is 0.479 e. The molecular formula is C23H27N5O2. The minimum absolute atomic E-state index is 0.0352. The van der Waals surface area contributed by atoms with Gasteiger partial charge < -0.3 is 19.4 Å². The van der Waals surface area contributed by atoms with E-state index in [4.69, 9.17) is 9.72 Å². The van der Waals surface area contributed by atoms with Gasteiger partial charge in [0.1, 0.15) is 11.4 Å². The summed E-state index contributed by atoms with van der Waals surface area (Å²) in [4.78, 5) is 21.5. The first kappa shape index (κ1) is 19.1. The second-order valence-electron chi connectivity index (χ2n) is 8.06. The van der Waals surface area contributed by atoms with Crippen LogP contribution in [0.15, 0.2) is 42.6 Å². The van der Waals surface area contributed by atoms with Gasteiger partial charge in [0, 0.05) is 38.4 Å². The van der Waals surface area contributed by atoms with Crippen molar-refractivity contribution in [1.29, 1.82) is 0 Å². The molecule has 0 saturated carbocycles. The zero-order valence-corrected chi connectivity index (χ0v) is 17.5. The normalized spacial score (nSPS) is 20.1. The molecule has 1 N–H and O–H groups in total. The Labute approximate surface area is 176 Å². The highest BCUT2D eigenvalue weighted by atomic mass is 16.5. The molecule has 1 aromatic carbocycles. The number of rotatable bonds is 3. The number of anilines is 1. The van der Waals surface area contributed by atoms with Crippen LogP contribution in [0.3, 0.4) is 0 Å². The molecule has 2 aromatic heterocycles. The highest BCUT2D eigenvalue weighted by molar-refractivity contribution is 6.00. The maximum atomic E-state index is 12.4. The highest BCUT2D eigenvalue weighted by Gasteiger charge is 2.29. The fraction of sp³-hybridized carbons (Fsp3) is 0.391. The highest BCUT2D eigenvalue weighted by Crippen LogP contribution is 2.37. The summed E-state index contributed by atoms with van der Waals surface area (Å²) >= 11 is 0. The van der Waals surface area contributed by atoms with E-state index in [-0.39, 0.29) is 5.91 Å². The number of imidazole rings is 1. The quantitative estimate of drug-likeness (QED) is 0.726. The molecule has 2 aliphatic heterocycles. The molecule has 0 aliphatic carbocycles. The minimum atomic E-state index is -0.462. The van der Waals surface area contributed by atoms with Crippen molar-refractivity contribution in [2.24, 2.45) is 0 Å². The molecule has 0 radical (unpaired) electrons. The average molecular weight is 406 g/mol. The van der Waals surface area contributed by atoms with E-state index in [2.05, 4.69) is 20.8 Å². The zero-order valence-electron chi connectivity index (χ0n) is 17.5. The molecule has 2 aliphatic rings. The van der Waals surface area contributed by atoms with Gasteiger partial charge in [-0.25, -0.2) is 4.98 Å². The predicted octanol–water partition coefficient (Wildman–Crippen LogP) is 2.54. The third-order valence-corrected chi connectivity index (χ3v) is 6.01. The van der Waals surface area contributed by atoms with E-state index in [0.29, 0.717) is 0 Å². The lowest BCUT2D eigenvalue weighted by molar-refractivity contribution is -0.125. The number of hydrogen-bond acceptors (Lipinski definition) is 5. The summed E-state index contributed by atoms with van der Waals surface area (Å²) in [6, 6.07) is 12.1. The average Bonchev–Trinajstić information content (AvgIpc) is 2.92. The van der Waals surface area contributed by atoms with Crippen LogP contribution in [0.5, 0.6) is 5.75 Å². The number of nitrogens with one attached hydrogen (secondary N) is 1.